The van der Waals surface area contributed by atoms with Crippen molar-refractivity contribution in [3.63, 3.8) is 0 Å². The molecule has 2 nitrogen and oxygen atoms in total. The number of hydrogen-bond donors (Lipinski definition) is 0. The first kappa shape index (κ1) is 14.5. The lowest BCUT2D eigenvalue weighted by Gasteiger charge is -2.32. The second kappa shape index (κ2) is 4.99. The average Bonchev–Trinajstić information content (AvgIpc) is 2.35. The van der Waals surface area contributed by atoms with Crippen LogP contribution in [0, 0.1) is 5.92 Å². The summed E-state index contributed by atoms with van der Waals surface area (Å²) in [6.45, 7) is 14.7. The molecule has 0 aromatic rings. The second-order valence-corrected chi connectivity index (χ2v) is 5.94. The highest BCUT2D eigenvalue weighted by molar-refractivity contribution is 6.54. The molecule has 1 aliphatic heterocycles. The zero-order valence-electron chi connectivity index (χ0n) is 12.2. The summed E-state index contributed by atoms with van der Waals surface area (Å²) in [5, 5.41) is 0. The number of allylic oxidation sites excluding steroid dienone is 4. The monoisotopic (exact) mass is 236 g/mol. The number of rotatable bonds is 3. The van der Waals surface area contributed by atoms with Crippen molar-refractivity contribution >= 4 is 7.12 Å². The molecule has 1 rings (SSSR count). The fraction of sp³-hybridized carbons (Fsp3) is 0.714. The van der Waals surface area contributed by atoms with Crippen molar-refractivity contribution in [2.45, 2.75) is 59.7 Å². The third-order valence-electron chi connectivity index (χ3n) is 3.67. The predicted molar refractivity (Wildman–Crippen MR) is 73.8 cm³/mol. The SMILES string of the molecule is C/C=C\C=C(\B1OC(C)(C)C(C)(C)O1)C(C)C. The van der Waals surface area contributed by atoms with Crippen molar-refractivity contribution in [3.05, 3.63) is 23.7 Å². The predicted octanol–water partition coefficient (Wildman–Crippen LogP) is 3.78. The van der Waals surface area contributed by atoms with E-state index in [1.54, 1.807) is 0 Å². The van der Waals surface area contributed by atoms with Crippen LogP contribution in [0.3, 0.4) is 0 Å². The van der Waals surface area contributed by atoms with Gasteiger partial charge in [0.1, 0.15) is 0 Å². The maximum atomic E-state index is 6.06. The van der Waals surface area contributed by atoms with Crippen LogP contribution in [-0.2, 0) is 9.31 Å². The van der Waals surface area contributed by atoms with Gasteiger partial charge in [0.05, 0.1) is 11.2 Å². The van der Waals surface area contributed by atoms with Crippen LogP contribution in [0.4, 0.5) is 0 Å². The molecule has 3 heteroatoms. The summed E-state index contributed by atoms with van der Waals surface area (Å²) in [5.74, 6) is 0.417. The molecule has 0 bridgehead atoms. The molecule has 0 aliphatic carbocycles. The Kier molecular flexibility index (Phi) is 4.26. The summed E-state index contributed by atoms with van der Waals surface area (Å²) in [6.07, 6.45) is 6.17. The minimum Gasteiger partial charge on any atom is -0.400 e. The highest BCUT2D eigenvalue weighted by Crippen LogP contribution is 2.39. The second-order valence-electron chi connectivity index (χ2n) is 5.94. The Balaban J connectivity index is 2.95. The Hall–Kier alpha value is -0.535. The first-order valence-electron chi connectivity index (χ1n) is 6.39. The van der Waals surface area contributed by atoms with Gasteiger partial charge >= 0.3 is 7.12 Å². The van der Waals surface area contributed by atoms with Gasteiger partial charge in [0.2, 0.25) is 0 Å². The molecular formula is C14H25BO2. The van der Waals surface area contributed by atoms with Gasteiger partial charge in [-0.3, -0.25) is 0 Å². The smallest absolute Gasteiger partial charge is 0.400 e. The van der Waals surface area contributed by atoms with Gasteiger partial charge in [-0.05, 0) is 46.0 Å². The molecule has 0 N–H and O–H groups in total. The van der Waals surface area contributed by atoms with E-state index in [1.165, 1.54) is 5.47 Å². The molecule has 0 spiro atoms. The molecule has 1 aliphatic rings. The van der Waals surface area contributed by atoms with Crippen molar-refractivity contribution < 1.29 is 9.31 Å². The maximum Gasteiger partial charge on any atom is 0.490 e. The fourth-order valence-electron chi connectivity index (χ4n) is 1.73. The van der Waals surface area contributed by atoms with Gasteiger partial charge in [-0.25, -0.2) is 0 Å². The zero-order chi connectivity index (χ0) is 13.3. The van der Waals surface area contributed by atoms with Gasteiger partial charge in [0, 0.05) is 0 Å². The van der Waals surface area contributed by atoms with Gasteiger partial charge in [0.15, 0.2) is 0 Å². The average molecular weight is 236 g/mol. The summed E-state index contributed by atoms with van der Waals surface area (Å²) in [6, 6.07) is 0. The van der Waals surface area contributed by atoms with Crippen LogP contribution in [0.5, 0.6) is 0 Å². The van der Waals surface area contributed by atoms with Gasteiger partial charge in [-0.2, -0.15) is 0 Å². The molecule has 0 saturated carbocycles. The van der Waals surface area contributed by atoms with E-state index in [4.69, 9.17) is 9.31 Å². The lowest BCUT2D eigenvalue weighted by atomic mass is 9.71. The first-order valence-corrected chi connectivity index (χ1v) is 6.39. The van der Waals surface area contributed by atoms with E-state index >= 15 is 0 Å². The molecule has 0 aromatic carbocycles. The molecule has 17 heavy (non-hydrogen) atoms. The molecule has 1 fully saturated rings. The van der Waals surface area contributed by atoms with Crippen LogP contribution >= 0.6 is 0 Å². The van der Waals surface area contributed by atoms with Gasteiger partial charge in [-0.15, -0.1) is 0 Å². The molecular weight excluding hydrogens is 211 g/mol. The topological polar surface area (TPSA) is 18.5 Å². The molecule has 0 aromatic heterocycles. The highest BCUT2D eigenvalue weighted by Gasteiger charge is 2.52. The van der Waals surface area contributed by atoms with E-state index in [2.05, 4.69) is 47.6 Å². The van der Waals surface area contributed by atoms with E-state index in [0.29, 0.717) is 5.92 Å². The van der Waals surface area contributed by atoms with Crippen LogP contribution in [0.15, 0.2) is 23.7 Å². The van der Waals surface area contributed by atoms with Crippen molar-refractivity contribution in [2.24, 2.45) is 5.92 Å². The van der Waals surface area contributed by atoms with E-state index in [0.717, 1.165) is 0 Å². The standard InChI is InChI=1S/C14H25BO2/c1-8-9-10-12(11(2)3)15-16-13(4,5)14(6,7)17-15/h8-11H,1-7H3/b9-8-,12-10+. The first-order chi connectivity index (χ1) is 7.71. The Morgan fingerprint density at radius 2 is 1.53 bits per heavy atom. The van der Waals surface area contributed by atoms with Crippen molar-refractivity contribution in [3.8, 4) is 0 Å². The molecule has 96 valence electrons. The largest absolute Gasteiger partial charge is 0.490 e. The zero-order valence-corrected chi connectivity index (χ0v) is 12.2. The summed E-state index contributed by atoms with van der Waals surface area (Å²) >= 11 is 0. The van der Waals surface area contributed by atoms with Crippen molar-refractivity contribution in [1.82, 2.24) is 0 Å². The molecule has 0 unspecified atom stereocenters. The highest BCUT2D eigenvalue weighted by atomic mass is 16.7. The van der Waals surface area contributed by atoms with Gasteiger partial charge < -0.3 is 9.31 Å². The minimum atomic E-state index is -0.262. The maximum absolute atomic E-state index is 6.06. The van der Waals surface area contributed by atoms with Crippen molar-refractivity contribution in [1.29, 1.82) is 0 Å². The lowest BCUT2D eigenvalue weighted by Crippen LogP contribution is -2.41. The summed E-state index contributed by atoms with van der Waals surface area (Å²) < 4.78 is 12.1. The van der Waals surface area contributed by atoms with E-state index in [9.17, 15) is 0 Å². The summed E-state index contributed by atoms with van der Waals surface area (Å²) in [5.41, 5.74) is 0.671. The van der Waals surface area contributed by atoms with Crippen molar-refractivity contribution in [2.75, 3.05) is 0 Å². The van der Waals surface area contributed by atoms with Crippen LogP contribution in [0.2, 0.25) is 0 Å². The lowest BCUT2D eigenvalue weighted by molar-refractivity contribution is 0.00578. The van der Waals surface area contributed by atoms with E-state index in [1.807, 2.05) is 19.1 Å². The van der Waals surface area contributed by atoms with Crippen LogP contribution in [0.1, 0.15) is 48.5 Å². The third kappa shape index (κ3) is 3.02. The molecule has 0 amide bonds. The summed E-state index contributed by atoms with van der Waals surface area (Å²) in [4.78, 5) is 0. The molecule has 1 heterocycles. The fourth-order valence-corrected chi connectivity index (χ4v) is 1.73. The molecule has 0 radical (unpaired) electrons. The third-order valence-corrected chi connectivity index (χ3v) is 3.67. The number of hydrogen-bond acceptors (Lipinski definition) is 2. The Labute approximate surface area is 106 Å². The Morgan fingerprint density at radius 3 is 1.88 bits per heavy atom. The minimum absolute atomic E-state index is 0.226. The Bertz CT molecular complexity index is 311. The van der Waals surface area contributed by atoms with Gasteiger partial charge in [-0.1, -0.05) is 32.1 Å². The normalized spacial score (nSPS) is 24.0. The van der Waals surface area contributed by atoms with Gasteiger partial charge in [0.25, 0.3) is 0 Å². The summed E-state index contributed by atoms with van der Waals surface area (Å²) in [7, 11) is -0.226. The van der Waals surface area contributed by atoms with E-state index < -0.39 is 0 Å². The Morgan fingerprint density at radius 1 is 1.06 bits per heavy atom. The van der Waals surface area contributed by atoms with Crippen LogP contribution < -0.4 is 0 Å². The molecule has 1 saturated heterocycles. The van der Waals surface area contributed by atoms with E-state index in [-0.39, 0.29) is 18.3 Å². The van der Waals surface area contributed by atoms with Crippen LogP contribution in [0.25, 0.3) is 0 Å². The molecule has 0 atom stereocenters. The van der Waals surface area contributed by atoms with Crippen LogP contribution in [-0.4, -0.2) is 18.3 Å². The quantitative estimate of drug-likeness (QED) is 0.548.